The molecule has 0 heterocycles. The monoisotopic (exact) mass is 464 g/mol. The van der Waals surface area contributed by atoms with Gasteiger partial charge in [0, 0.05) is 5.39 Å². The third-order valence-electron chi connectivity index (χ3n) is 3.99. The standard InChI is InChI=1S/C20H17IO5/c1-11-9-13(19(21)17(10-11)25-3)20(23)26-15-8-7-14(22)18-12(15)5-4-6-16(18)24-2/h4-10,22H,1-3H3. The van der Waals surface area contributed by atoms with Crippen LogP contribution in [0.3, 0.4) is 0 Å². The number of phenolic OH excluding ortho intramolecular Hbond substituents is 1. The van der Waals surface area contributed by atoms with Gasteiger partial charge < -0.3 is 19.3 Å². The number of halogens is 1. The maximum atomic E-state index is 12.8. The molecule has 3 rings (SSSR count). The molecule has 0 aromatic heterocycles. The topological polar surface area (TPSA) is 65.0 Å². The van der Waals surface area contributed by atoms with Gasteiger partial charge in [-0.05, 0) is 65.4 Å². The molecule has 0 bridgehead atoms. The lowest BCUT2D eigenvalue weighted by Crippen LogP contribution is -2.11. The van der Waals surface area contributed by atoms with E-state index >= 15 is 0 Å². The van der Waals surface area contributed by atoms with Crippen molar-refractivity contribution in [1.29, 1.82) is 0 Å². The third kappa shape index (κ3) is 3.29. The molecule has 0 saturated carbocycles. The number of esters is 1. The van der Waals surface area contributed by atoms with E-state index in [2.05, 4.69) is 22.6 Å². The van der Waals surface area contributed by atoms with Crippen molar-refractivity contribution in [3.8, 4) is 23.0 Å². The smallest absolute Gasteiger partial charge is 0.344 e. The van der Waals surface area contributed by atoms with Gasteiger partial charge >= 0.3 is 5.97 Å². The van der Waals surface area contributed by atoms with Crippen molar-refractivity contribution >= 4 is 39.3 Å². The average molecular weight is 464 g/mol. The lowest BCUT2D eigenvalue weighted by molar-refractivity contribution is 0.0735. The molecule has 0 radical (unpaired) electrons. The Balaban J connectivity index is 2.07. The van der Waals surface area contributed by atoms with E-state index in [0.29, 0.717) is 37.2 Å². The lowest BCUT2D eigenvalue weighted by atomic mass is 10.1. The number of methoxy groups -OCH3 is 2. The van der Waals surface area contributed by atoms with Gasteiger partial charge in [0.25, 0.3) is 0 Å². The number of aromatic hydroxyl groups is 1. The van der Waals surface area contributed by atoms with E-state index in [1.54, 1.807) is 37.4 Å². The van der Waals surface area contributed by atoms with Crippen LogP contribution in [0.5, 0.6) is 23.0 Å². The van der Waals surface area contributed by atoms with Gasteiger partial charge in [-0.3, -0.25) is 0 Å². The van der Waals surface area contributed by atoms with E-state index in [4.69, 9.17) is 14.2 Å². The first-order valence-corrected chi connectivity index (χ1v) is 8.89. The van der Waals surface area contributed by atoms with Crippen molar-refractivity contribution in [3.63, 3.8) is 0 Å². The highest BCUT2D eigenvalue weighted by atomic mass is 127. The number of carbonyl (C=O) groups is 1. The SMILES string of the molecule is COc1cc(C)cc(C(=O)Oc2ccc(O)c3c(OC)cccc23)c1I. The number of hydrogen-bond acceptors (Lipinski definition) is 5. The van der Waals surface area contributed by atoms with Gasteiger partial charge in [0.1, 0.15) is 23.0 Å². The molecule has 0 amide bonds. The molecule has 26 heavy (non-hydrogen) atoms. The van der Waals surface area contributed by atoms with E-state index < -0.39 is 5.97 Å². The Bertz CT molecular complexity index is 997. The number of rotatable bonds is 4. The summed E-state index contributed by atoms with van der Waals surface area (Å²) < 4.78 is 16.9. The molecule has 134 valence electrons. The Morgan fingerprint density at radius 2 is 1.73 bits per heavy atom. The average Bonchev–Trinajstić information content (AvgIpc) is 2.64. The predicted octanol–water partition coefficient (Wildman–Crippen LogP) is 4.69. The molecule has 0 saturated heterocycles. The zero-order valence-corrected chi connectivity index (χ0v) is 16.7. The molecule has 3 aromatic carbocycles. The first kappa shape index (κ1) is 18.3. The second-order valence-corrected chi connectivity index (χ2v) is 6.76. The first-order valence-electron chi connectivity index (χ1n) is 7.81. The Kier molecular flexibility index (Phi) is 5.22. The maximum Gasteiger partial charge on any atom is 0.344 e. The molecular formula is C20H17IO5. The third-order valence-corrected chi connectivity index (χ3v) is 5.10. The Hall–Kier alpha value is -2.48. The minimum atomic E-state index is -0.494. The lowest BCUT2D eigenvalue weighted by Gasteiger charge is -2.13. The minimum absolute atomic E-state index is 0.0593. The largest absolute Gasteiger partial charge is 0.507 e. The summed E-state index contributed by atoms with van der Waals surface area (Å²) in [6, 6.07) is 11.9. The fraction of sp³-hybridized carbons (Fsp3) is 0.150. The van der Waals surface area contributed by atoms with Crippen LogP contribution in [0.4, 0.5) is 0 Å². The molecule has 6 heteroatoms. The van der Waals surface area contributed by atoms with Crippen molar-refractivity contribution in [2.45, 2.75) is 6.92 Å². The van der Waals surface area contributed by atoms with E-state index in [1.165, 1.54) is 13.2 Å². The number of phenols is 1. The van der Waals surface area contributed by atoms with Gasteiger partial charge in [-0.15, -0.1) is 0 Å². The second kappa shape index (κ2) is 7.41. The van der Waals surface area contributed by atoms with E-state index in [1.807, 2.05) is 13.0 Å². The zero-order chi connectivity index (χ0) is 18.8. The minimum Gasteiger partial charge on any atom is -0.507 e. The van der Waals surface area contributed by atoms with Crippen molar-refractivity contribution in [3.05, 3.63) is 57.2 Å². The normalized spacial score (nSPS) is 10.6. The van der Waals surface area contributed by atoms with Crippen LogP contribution >= 0.6 is 22.6 Å². The van der Waals surface area contributed by atoms with Gasteiger partial charge in [0.2, 0.25) is 0 Å². The number of aryl methyl sites for hydroxylation is 1. The highest BCUT2D eigenvalue weighted by molar-refractivity contribution is 14.1. The first-order chi connectivity index (χ1) is 12.5. The van der Waals surface area contributed by atoms with E-state index in [-0.39, 0.29) is 5.75 Å². The summed E-state index contributed by atoms with van der Waals surface area (Å²) in [5.41, 5.74) is 1.32. The number of benzene rings is 3. The summed E-state index contributed by atoms with van der Waals surface area (Å²) in [5.74, 6) is 1.03. The van der Waals surface area contributed by atoms with Crippen LogP contribution in [0, 0.1) is 10.5 Å². The molecule has 0 aliphatic heterocycles. The van der Waals surface area contributed by atoms with Crippen molar-refractivity contribution in [2.24, 2.45) is 0 Å². The molecule has 0 unspecified atom stereocenters. The highest BCUT2D eigenvalue weighted by Gasteiger charge is 2.19. The number of hydrogen-bond donors (Lipinski definition) is 1. The Labute approximate surface area is 164 Å². The summed E-state index contributed by atoms with van der Waals surface area (Å²) in [5, 5.41) is 11.3. The van der Waals surface area contributed by atoms with Crippen LogP contribution in [0.2, 0.25) is 0 Å². The Morgan fingerprint density at radius 1 is 1.00 bits per heavy atom. The summed E-state index contributed by atoms with van der Waals surface area (Å²) >= 11 is 2.06. The van der Waals surface area contributed by atoms with Crippen molar-refractivity contribution in [2.75, 3.05) is 14.2 Å². The molecule has 3 aromatic rings. The van der Waals surface area contributed by atoms with Crippen LogP contribution in [0.15, 0.2) is 42.5 Å². The summed E-state index contributed by atoms with van der Waals surface area (Å²) in [4.78, 5) is 12.8. The van der Waals surface area contributed by atoms with Crippen LogP contribution in [-0.4, -0.2) is 25.3 Å². The highest BCUT2D eigenvalue weighted by Crippen LogP contribution is 2.39. The fourth-order valence-corrected chi connectivity index (χ4v) is 3.53. The van der Waals surface area contributed by atoms with E-state index in [0.717, 1.165) is 5.56 Å². The molecule has 0 fully saturated rings. The number of carbonyl (C=O) groups excluding carboxylic acids is 1. The molecule has 5 nitrogen and oxygen atoms in total. The molecule has 0 aliphatic rings. The van der Waals surface area contributed by atoms with Crippen LogP contribution < -0.4 is 14.2 Å². The van der Waals surface area contributed by atoms with Gasteiger partial charge in [0.05, 0.1) is 28.7 Å². The Morgan fingerprint density at radius 3 is 2.42 bits per heavy atom. The summed E-state index contributed by atoms with van der Waals surface area (Å²) in [7, 11) is 3.08. The second-order valence-electron chi connectivity index (χ2n) is 5.68. The predicted molar refractivity (Wildman–Crippen MR) is 108 cm³/mol. The molecule has 1 N–H and O–H groups in total. The summed E-state index contributed by atoms with van der Waals surface area (Å²) in [6.07, 6.45) is 0. The zero-order valence-electron chi connectivity index (χ0n) is 14.5. The van der Waals surface area contributed by atoms with Crippen molar-refractivity contribution in [1.82, 2.24) is 0 Å². The maximum absolute atomic E-state index is 12.8. The number of ether oxygens (including phenoxy) is 3. The van der Waals surface area contributed by atoms with Crippen LogP contribution in [0.1, 0.15) is 15.9 Å². The van der Waals surface area contributed by atoms with Crippen molar-refractivity contribution < 1.29 is 24.1 Å². The van der Waals surface area contributed by atoms with Gasteiger partial charge in [-0.25, -0.2) is 4.79 Å². The van der Waals surface area contributed by atoms with Gasteiger partial charge in [-0.2, -0.15) is 0 Å². The number of fused-ring (bicyclic) bond motifs is 1. The fourth-order valence-electron chi connectivity index (χ4n) is 2.77. The molecule has 0 aliphatic carbocycles. The van der Waals surface area contributed by atoms with Crippen LogP contribution in [-0.2, 0) is 0 Å². The molecule has 0 spiro atoms. The quantitative estimate of drug-likeness (QED) is 0.345. The molecule has 0 atom stereocenters. The van der Waals surface area contributed by atoms with E-state index in [9.17, 15) is 9.90 Å². The summed E-state index contributed by atoms with van der Waals surface area (Å²) in [6.45, 7) is 1.89. The van der Waals surface area contributed by atoms with Gasteiger partial charge in [-0.1, -0.05) is 12.1 Å². The van der Waals surface area contributed by atoms with Crippen LogP contribution in [0.25, 0.3) is 10.8 Å². The molecular weight excluding hydrogens is 447 g/mol. The van der Waals surface area contributed by atoms with Gasteiger partial charge in [0.15, 0.2) is 0 Å².